The molecule has 1 saturated heterocycles. The standard InChI is InChI=1S/C28H24N5O6S/c1-39-20-10-12-21(13-11-20)40(37,38)33-22-14-9-18(17-29)16-24(22)32(28(33)36)25(19-6-3-2-4-7-19)27(35)31-15-5-8-23(31)26(30)34/h2-4,6-14,16,23,25H,5,15H2,1H3,(H2,30,34)/t23?,25-/m0/s1. The maximum absolute atomic E-state index is 14.1. The highest BCUT2D eigenvalue weighted by molar-refractivity contribution is 7.90. The van der Waals surface area contributed by atoms with Gasteiger partial charge in [0.15, 0.2) is 0 Å². The zero-order chi connectivity index (χ0) is 28.6. The summed E-state index contributed by atoms with van der Waals surface area (Å²) in [6, 6.07) is 17.6. The van der Waals surface area contributed by atoms with Crippen LogP contribution in [0.5, 0.6) is 5.75 Å². The van der Waals surface area contributed by atoms with E-state index in [9.17, 15) is 28.1 Å². The summed E-state index contributed by atoms with van der Waals surface area (Å²) in [6.07, 6.45) is 2.04. The van der Waals surface area contributed by atoms with Crippen molar-refractivity contribution in [2.75, 3.05) is 13.7 Å². The van der Waals surface area contributed by atoms with Gasteiger partial charge in [-0.3, -0.25) is 14.2 Å². The van der Waals surface area contributed by atoms with E-state index in [1.54, 1.807) is 36.8 Å². The number of hydrogen-bond acceptors (Lipinski definition) is 7. The Morgan fingerprint density at radius 1 is 1.05 bits per heavy atom. The van der Waals surface area contributed by atoms with Crippen LogP contribution in [0.3, 0.4) is 0 Å². The fourth-order valence-corrected chi connectivity index (χ4v) is 6.34. The number of methoxy groups -OCH3 is 1. The van der Waals surface area contributed by atoms with Crippen LogP contribution in [0.2, 0.25) is 0 Å². The van der Waals surface area contributed by atoms with Gasteiger partial charge in [0.25, 0.3) is 15.9 Å². The molecule has 0 aliphatic carbocycles. The van der Waals surface area contributed by atoms with Gasteiger partial charge in [0, 0.05) is 6.54 Å². The van der Waals surface area contributed by atoms with Crippen LogP contribution in [-0.2, 0) is 19.6 Å². The fraction of sp³-hybridized carbons (Fsp3) is 0.179. The fourth-order valence-electron chi connectivity index (χ4n) is 4.95. The zero-order valence-electron chi connectivity index (χ0n) is 21.3. The number of primary amides is 1. The molecule has 0 spiro atoms. The molecule has 0 bridgehead atoms. The zero-order valence-corrected chi connectivity index (χ0v) is 22.1. The van der Waals surface area contributed by atoms with Crippen LogP contribution in [0.25, 0.3) is 11.0 Å². The van der Waals surface area contributed by atoms with Crippen molar-refractivity contribution in [1.29, 1.82) is 5.26 Å². The van der Waals surface area contributed by atoms with E-state index in [2.05, 4.69) is 0 Å². The third kappa shape index (κ3) is 4.40. The van der Waals surface area contributed by atoms with Crippen molar-refractivity contribution in [3.05, 3.63) is 101 Å². The molecule has 11 nitrogen and oxygen atoms in total. The minimum absolute atomic E-state index is 0.0204. The molecule has 3 aromatic carbocycles. The molecular weight excluding hydrogens is 534 g/mol. The van der Waals surface area contributed by atoms with Crippen LogP contribution >= 0.6 is 0 Å². The predicted molar refractivity (Wildman–Crippen MR) is 145 cm³/mol. The van der Waals surface area contributed by atoms with Crippen LogP contribution in [-0.4, -0.2) is 53.4 Å². The molecule has 1 unspecified atom stereocenters. The molecule has 1 aliphatic heterocycles. The largest absolute Gasteiger partial charge is 0.497 e. The van der Waals surface area contributed by atoms with Gasteiger partial charge in [-0.1, -0.05) is 30.3 Å². The number of nitrogens with zero attached hydrogens (tertiary/aromatic N) is 4. The smallest absolute Gasteiger partial charge is 0.344 e. The Morgan fingerprint density at radius 3 is 2.38 bits per heavy atom. The van der Waals surface area contributed by atoms with Gasteiger partial charge >= 0.3 is 5.69 Å². The Bertz CT molecular complexity index is 1820. The Hall–Kier alpha value is -4.89. The van der Waals surface area contributed by atoms with Gasteiger partial charge in [0.2, 0.25) is 5.91 Å². The molecule has 2 amide bonds. The van der Waals surface area contributed by atoms with Gasteiger partial charge in [-0.05, 0) is 60.9 Å². The summed E-state index contributed by atoms with van der Waals surface area (Å²) in [5.41, 5.74) is 5.11. The normalized spacial score (nSPS) is 16.0. The van der Waals surface area contributed by atoms with E-state index < -0.39 is 39.6 Å². The first-order valence-corrected chi connectivity index (χ1v) is 13.7. The molecule has 1 aliphatic rings. The summed E-state index contributed by atoms with van der Waals surface area (Å²) in [6.45, 7) is 0.191. The number of carbonyl (C=O) groups is 2. The highest BCUT2D eigenvalue weighted by atomic mass is 32.2. The molecule has 12 heteroatoms. The minimum Gasteiger partial charge on any atom is -0.497 e. The summed E-state index contributed by atoms with van der Waals surface area (Å²) < 4.78 is 34.5. The average molecular weight is 559 g/mol. The molecule has 2 atom stereocenters. The van der Waals surface area contributed by atoms with Crippen LogP contribution in [0.15, 0.2) is 82.5 Å². The highest BCUT2D eigenvalue weighted by Crippen LogP contribution is 2.30. The molecule has 2 heterocycles. The Morgan fingerprint density at radius 2 is 1.75 bits per heavy atom. The Kier molecular flexibility index (Phi) is 6.91. The lowest BCUT2D eigenvalue weighted by atomic mass is 10.0. The van der Waals surface area contributed by atoms with Crippen molar-refractivity contribution >= 4 is 32.9 Å². The predicted octanol–water partition coefficient (Wildman–Crippen LogP) is 1.80. The third-order valence-corrected chi connectivity index (χ3v) is 8.54. The first-order valence-electron chi connectivity index (χ1n) is 12.2. The number of ether oxygens (including phenoxy) is 1. The summed E-state index contributed by atoms with van der Waals surface area (Å²) in [5.74, 6) is -0.913. The number of amides is 2. The van der Waals surface area contributed by atoms with Gasteiger partial charge in [-0.25, -0.2) is 13.2 Å². The van der Waals surface area contributed by atoms with E-state index >= 15 is 0 Å². The number of hydrogen-bond donors (Lipinski definition) is 1. The van der Waals surface area contributed by atoms with Gasteiger partial charge < -0.3 is 15.4 Å². The van der Waals surface area contributed by atoms with Crippen LogP contribution in [0.4, 0.5) is 0 Å². The van der Waals surface area contributed by atoms with E-state index in [-0.39, 0.29) is 28.0 Å². The van der Waals surface area contributed by atoms with E-state index in [1.165, 1.54) is 54.5 Å². The first-order chi connectivity index (χ1) is 19.2. The molecule has 203 valence electrons. The number of nitriles is 1. The summed E-state index contributed by atoms with van der Waals surface area (Å²) in [5, 5.41) is 9.58. The SMILES string of the molecule is COc1ccc(S(=O)(=O)n2c(=O)n([C@H](C(=O)N3CC[CH]C3C(N)=O)c3ccccc3)c3cc(C#N)ccc32)cc1. The number of benzene rings is 3. The van der Waals surface area contributed by atoms with Crippen molar-refractivity contribution in [2.45, 2.75) is 23.4 Å². The molecule has 4 aromatic rings. The van der Waals surface area contributed by atoms with Gasteiger partial charge in [0.05, 0.1) is 34.7 Å². The maximum Gasteiger partial charge on any atom is 0.344 e. The molecule has 1 radical (unpaired) electrons. The van der Waals surface area contributed by atoms with E-state index in [0.29, 0.717) is 21.7 Å². The molecule has 1 fully saturated rings. The molecule has 1 aromatic heterocycles. The van der Waals surface area contributed by atoms with E-state index in [1.807, 2.05) is 6.07 Å². The summed E-state index contributed by atoms with van der Waals surface area (Å²) in [7, 11) is -3.02. The topological polar surface area (TPSA) is 157 Å². The van der Waals surface area contributed by atoms with Crippen molar-refractivity contribution in [1.82, 2.24) is 13.4 Å². The van der Waals surface area contributed by atoms with Crippen molar-refractivity contribution in [2.24, 2.45) is 5.73 Å². The Balaban J connectivity index is 1.80. The number of imidazole rings is 1. The van der Waals surface area contributed by atoms with Crippen LogP contribution in [0, 0.1) is 17.8 Å². The molecule has 40 heavy (non-hydrogen) atoms. The quantitative estimate of drug-likeness (QED) is 0.362. The lowest BCUT2D eigenvalue weighted by molar-refractivity contribution is -0.138. The Labute approximate surface area is 229 Å². The average Bonchev–Trinajstić information content (AvgIpc) is 3.57. The first kappa shape index (κ1) is 26.7. The van der Waals surface area contributed by atoms with Gasteiger partial charge in [-0.15, -0.1) is 0 Å². The van der Waals surface area contributed by atoms with E-state index in [0.717, 1.165) is 4.57 Å². The molecule has 2 N–H and O–H groups in total. The van der Waals surface area contributed by atoms with Crippen molar-refractivity contribution in [3.8, 4) is 11.8 Å². The third-order valence-electron chi connectivity index (χ3n) is 6.84. The lowest BCUT2D eigenvalue weighted by Gasteiger charge is -2.28. The van der Waals surface area contributed by atoms with Crippen LogP contribution in [0.1, 0.15) is 23.6 Å². The summed E-state index contributed by atoms with van der Waals surface area (Å²) >= 11 is 0. The maximum atomic E-state index is 14.1. The number of aromatic nitrogens is 2. The van der Waals surface area contributed by atoms with Crippen LogP contribution < -0.4 is 16.2 Å². The number of carbonyl (C=O) groups excluding carboxylic acids is 2. The second-order valence-corrected chi connectivity index (χ2v) is 10.9. The lowest BCUT2D eigenvalue weighted by Crippen LogP contribution is -2.48. The van der Waals surface area contributed by atoms with E-state index in [4.69, 9.17) is 10.5 Å². The number of nitrogens with two attached hydrogens (primary N) is 1. The molecule has 5 rings (SSSR count). The second-order valence-electron chi connectivity index (χ2n) is 9.13. The minimum atomic E-state index is -4.46. The highest BCUT2D eigenvalue weighted by Gasteiger charge is 2.40. The second kappa shape index (κ2) is 10.3. The van der Waals surface area contributed by atoms with Gasteiger partial charge in [-0.2, -0.15) is 9.23 Å². The van der Waals surface area contributed by atoms with Crippen molar-refractivity contribution < 1.29 is 22.7 Å². The number of rotatable bonds is 7. The summed E-state index contributed by atoms with van der Waals surface area (Å²) in [4.78, 5) is 41.5. The monoisotopic (exact) mass is 558 g/mol. The molecule has 0 saturated carbocycles. The van der Waals surface area contributed by atoms with Crippen molar-refractivity contribution in [3.63, 3.8) is 0 Å². The number of fused-ring (bicyclic) bond motifs is 1. The molecular formula is C28H24N5O6S. The van der Waals surface area contributed by atoms with Gasteiger partial charge in [0.1, 0.15) is 17.8 Å². The number of likely N-dealkylation sites (tertiary alicyclic amines) is 1.